The van der Waals surface area contributed by atoms with Crippen molar-refractivity contribution in [2.24, 2.45) is 4.99 Å². The number of thioether (sulfide) groups is 1. The van der Waals surface area contributed by atoms with E-state index in [0.717, 1.165) is 17.8 Å². The summed E-state index contributed by atoms with van der Waals surface area (Å²) < 4.78 is 29.2. The first kappa shape index (κ1) is 24.9. The van der Waals surface area contributed by atoms with Crippen molar-refractivity contribution >= 4 is 34.6 Å². The molecule has 0 bridgehead atoms. The van der Waals surface area contributed by atoms with Gasteiger partial charge in [0.05, 0.1) is 10.6 Å². The van der Waals surface area contributed by atoms with Gasteiger partial charge in [-0.2, -0.15) is 8.78 Å². The summed E-state index contributed by atoms with van der Waals surface area (Å²) in [5.74, 6) is -0.0389. The van der Waals surface area contributed by atoms with Crippen LogP contribution in [0, 0.1) is 0 Å². The number of hydrogen-bond acceptors (Lipinski definition) is 5. The van der Waals surface area contributed by atoms with Crippen molar-refractivity contribution in [1.29, 1.82) is 0 Å². The van der Waals surface area contributed by atoms with Crippen LogP contribution in [0.15, 0.2) is 64.5 Å². The number of halogens is 2. The molecule has 0 aromatic heterocycles. The number of carbonyl (C=O) groups excluding carboxylic acids is 1. The minimum Gasteiger partial charge on any atom is -0.435 e. The van der Waals surface area contributed by atoms with Crippen LogP contribution in [0.5, 0.6) is 5.75 Å². The molecule has 2 aromatic carbocycles. The van der Waals surface area contributed by atoms with Gasteiger partial charge in [-0.05, 0) is 75.4 Å². The number of para-hydroxylation sites is 1. The maximum atomic E-state index is 13.3. The molecule has 3 rings (SSSR count). The van der Waals surface area contributed by atoms with Crippen molar-refractivity contribution < 1.29 is 18.3 Å². The predicted molar refractivity (Wildman–Crippen MR) is 131 cm³/mol. The van der Waals surface area contributed by atoms with Crippen molar-refractivity contribution in [1.82, 2.24) is 9.80 Å². The fraction of sp³-hybridized carbons (Fsp3) is 0.360. The Bertz CT molecular complexity index is 984. The van der Waals surface area contributed by atoms with E-state index in [-0.39, 0.29) is 11.7 Å². The number of alkyl halides is 2. The van der Waals surface area contributed by atoms with E-state index in [2.05, 4.69) is 37.3 Å². The SMILES string of the molecule is CC(C)N(CCN1C(=O)/C(=C\c2ccc(OC(F)F)cc2)SC1=Nc1ccccc1)C(C)C. The van der Waals surface area contributed by atoms with Gasteiger partial charge in [0.1, 0.15) is 5.75 Å². The molecule has 0 radical (unpaired) electrons. The highest BCUT2D eigenvalue weighted by Crippen LogP contribution is 2.34. The van der Waals surface area contributed by atoms with Crippen LogP contribution < -0.4 is 4.74 Å². The average Bonchev–Trinajstić information content (AvgIpc) is 3.04. The van der Waals surface area contributed by atoms with E-state index in [1.165, 1.54) is 23.9 Å². The molecule has 1 aliphatic heterocycles. The van der Waals surface area contributed by atoms with E-state index in [4.69, 9.17) is 4.99 Å². The minimum absolute atomic E-state index is 0.0768. The summed E-state index contributed by atoms with van der Waals surface area (Å²) in [6.45, 7) is 6.95. The number of rotatable bonds is 9. The molecule has 2 aromatic rings. The number of carbonyl (C=O) groups is 1. The number of ether oxygens (including phenoxy) is 1. The zero-order chi connectivity index (χ0) is 24.0. The Morgan fingerprint density at radius 2 is 1.67 bits per heavy atom. The molecule has 1 aliphatic rings. The number of nitrogens with zero attached hydrogens (tertiary/aromatic N) is 3. The average molecular weight is 474 g/mol. The highest BCUT2D eigenvalue weighted by molar-refractivity contribution is 8.18. The van der Waals surface area contributed by atoms with Crippen LogP contribution in [0.1, 0.15) is 33.3 Å². The third-order valence-electron chi connectivity index (χ3n) is 5.18. The first-order valence-electron chi connectivity index (χ1n) is 10.9. The molecule has 1 heterocycles. The van der Waals surface area contributed by atoms with Crippen LogP contribution in [-0.2, 0) is 4.79 Å². The lowest BCUT2D eigenvalue weighted by molar-refractivity contribution is -0.122. The Hall–Kier alpha value is -2.71. The highest BCUT2D eigenvalue weighted by Gasteiger charge is 2.34. The lowest BCUT2D eigenvalue weighted by Gasteiger charge is -2.31. The molecule has 0 saturated carbocycles. The molecule has 176 valence electrons. The van der Waals surface area contributed by atoms with Crippen molar-refractivity contribution in [2.45, 2.75) is 46.4 Å². The molecule has 0 unspecified atom stereocenters. The standard InChI is InChI=1S/C25H29F2N3O2S/c1-17(2)29(18(3)4)14-15-30-23(31)22(33-25(30)28-20-8-6-5-7-9-20)16-19-10-12-21(13-11-19)32-24(26)27/h5-13,16-18,24H,14-15H2,1-4H3/b22-16+,28-25?. The van der Waals surface area contributed by atoms with Crippen LogP contribution >= 0.6 is 11.8 Å². The molecule has 1 amide bonds. The Balaban J connectivity index is 1.85. The van der Waals surface area contributed by atoms with Crippen LogP contribution in [0.4, 0.5) is 14.5 Å². The summed E-state index contributed by atoms with van der Waals surface area (Å²) in [4.78, 5) is 22.6. The summed E-state index contributed by atoms with van der Waals surface area (Å²) in [6.07, 6.45) is 1.75. The Morgan fingerprint density at radius 1 is 1.03 bits per heavy atom. The maximum Gasteiger partial charge on any atom is 0.387 e. The van der Waals surface area contributed by atoms with Crippen molar-refractivity contribution in [3.05, 3.63) is 65.1 Å². The first-order valence-corrected chi connectivity index (χ1v) is 11.7. The number of hydrogen-bond donors (Lipinski definition) is 0. The number of benzene rings is 2. The molecule has 33 heavy (non-hydrogen) atoms. The van der Waals surface area contributed by atoms with Gasteiger partial charge in [0.15, 0.2) is 5.17 Å². The van der Waals surface area contributed by atoms with E-state index < -0.39 is 6.61 Å². The smallest absolute Gasteiger partial charge is 0.387 e. The molecular weight excluding hydrogens is 444 g/mol. The van der Waals surface area contributed by atoms with Crippen LogP contribution in [0.25, 0.3) is 6.08 Å². The Labute approximate surface area is 198 Å². The second kappa shape index (κ2) is 11.4. The number of aliphatic imine (C=N–C) groups is 1. The van der Waals surface area contributed by atoms with Crippen LogP contribution in [0.3, 0.4) is 0 Å². The number of amides is 1. The number of amidine groups is 1. The lowest BCUT2D eigenvalue weighted by atomic mass is 10.2. The molecule has 8 heteroatoms. The van der Waals surface area contributed by atoms with Gasteiger partial charge < -0.3 is 4.74 Å². The quantitative estimate of drug-likeness (QED) is 0.419. The van der Waals surface area contributed by atoms with Gasteiger partial charge in [0.25, 0.3) is 5.91 Å². The first-order chi connectivity index (χ1) is 15.7. The van der Waals surface area contributed by atoms with E-state index in [1.807, 2.05) is 30.3 Å². The summed E-state index contributed by atoms with van der Waals surface area (Å²) in [6, 6.07) is 16.5. The molecule has 0 spiro atoms. The topological polar surface area (TPSA) is 45.1 Å². The maximum absolute atomic E-state index is 13.3. The summed E-state index contributed by atoms with van der Waals surface area (Å²) in [7, 11) is 0. The zero-order valence-electron chi connectivity index (χ0n) is 19.2. The van der Waals surface area contributed by atoms with Gasteiger partial charge in [0.2, 0.25) is 0 Å². The molecule has 0 atom stereocenters. The monoisotopic (exact) mass is 473 g/mol. The Morgan fingerprint density at radius 3 is 2.24 bits per heavy atom. The molecular formula is C25H29F2N3O2S. The largest absolute Gasteiger partial charge is 0.435 e. The molecule has 5 nitrogen and oxygen atoms in total. The summed E-state index contributed by atoms with van der Waals surface area (Å²) >= 11 is 1.32. The predicted octanol–water partition coefficient (Wildman–Crippen LogP) is 6.01. The lowest BCUT2D eigenvalue weighted by Crippen LogP contribution is -2.43. The zero-order valence-corrected chi connectivity index (χ0v) is 20.1. The molecule has 1 fully saturated rings. The van der Waals surface area contributed by atoms with Crippen LogP contribution in [0.2, 0.25) is 0 Å². The second-order valence-electron chi connectivity index (χ2n) is 8.17. The van der Waals surface area contributed by atoms with Crippen molar-refractivity contribution in [3.63, 3.8) is 0 Å². The molecule has 0 aliphatic carbocycles. The van der Waals surface area contributed by atoms with Gasteiger partial charge in [-0.25, -0.2) is 4.99 Å². The van der Waals surface area contributed by atoms with E-state index in [1.54, 1.807) is 23.1 Å². The van der Waals surface area contributed by atoms with Gasteiger partial charge in [0, 0.05) is 25.2 Å². The summed E-state index contributed by atoms with van der Waals surface area (Å²) in [5, 5.41) is 0.627. The normalized spacial score (nSPS) is 16.9. The van der Waals surface area contributed by atoms with E-state index >= 15 is 0 Å². The fourth-order valence-corrected chi connectivity index (χ4v) is 4.65. The van der Waals surface area contributed by atoms with E-state index in [9.17, 15) is 13.6 Å². The van der Waals surface area contributed by atoms with Crippen LogP contribution in [-0.4, -0.2) is 52.7 Å². The molecule has 0 N–H and O–H groups in total. The van der Waals surface area contributed by atoms with Crippen molar-refractivity contribution in [3.8, 4) is 5.75 Å². The van der Waals surface area contributed by atoms with Crippen molar-refractivity contribution in [2.75, 3.05) is 13.1 Å². The van der Waals surface area contributed by atoms with Gasteiger partial charge in [-0.3, -0.25) is 14.6 Å². The fourth-order valence-electron chi connectivity index (χ4n) is 3.63. The third-order valence-corrected chi connectivity index (χ3v) is 6.19. The van der Waals surface area contributed by atoms with E-state index in [0.29, 0.717) is 28.7 Å². The minimum atomic E-state index is -2.87. The van der Waals surface area contributed by atoms with Gasteiger partial charge in [-0.15, -0.1) is 0 Å². The highest BCUT2D eigenvalue weighted by atomic mass is 32.2. The van der Waals surface area contributed by atoms with Gasteiger partial charge in [-0.1, -0.05) is 30.3 Å². The second-order valence-corrected chi connectivity index (χ2v) is 9.18. The molecule has 1 saturated heterocycles. The summed E-state index contributed by atoms with van der Waals surface area (Å²) in [5.41, 5.74) is 1.50. The Kier molecular flexibility index (Phi) is 8.63. The third kappa shape index (κ3) is 6.88. The van der Waals surface area contributed by atoms with Gasteiger partial charge >= 0.3 is 6.61 Å².